The molecule has 0 radical (unpaired) electrons. The van der Waals surface area contributed by atoms with Gasteiger partial charge in [-0.15, -0.1) is 0 Å². The monoisotopic (exact) mass is 435 g/mol. The first-order valence-electron chi connectivity index (χ1n) is 10.3. The lowest BCUT2D eigenvalue weighted by molar-refractivity contribution is -0.137. The van der Waals surface area contributed by atoms with Crippen molar-refractivity contribution in [2.75, 3.05) is 7.11 Å². The molecule has 2 unspecified atom stereocenters. The molecule has 0 aliphatic heterocycles. The Hall–Kier alpha value is -3.06. The normalized spacial score (nSPS) is 22.7. The van der Waals surface area contributed by atoms with Crippen LogP contribution in [0.5, 0.6) is 16.7 Å². The van der Waals surface area contributed by atoms with Crippen molar-refractivity contribution in [3.63, 3.8) is 0 Å². The number of hydrogen-bond donors (Lipinski definition) is 0. The highest BCUT2D eigenvalue weighted by molar-refractivity contribution is 7.20. The molecule has 2 aliphatic carbocycles. The van der Waals surface area contributed by atoms with E-state index in [0.29, 0.717) is 52.6 Å². The third-order valence-electron chi connectivity index (χ3n) is 6.39. The third-order valence-corrected chi connectivity index (χ3v) is 7.29. The van der Waals surface area contributed by atoms with E-state index in [0.717, 1.165) is 4.70 Å². The average Bonchev–Trinajstić information content (AvgIpc) is 3.39. The standard InChI is InChI=1S/C24H21NO5S/c1-12-15(23(28)19-21(26)13-7-8-14(11-13)22(19)27)9-10-18-20(12)25-24(31-18)30-17-6-4-3-5-16(17)29-2/h3-6,9-10,13-14,19H,7-8,11H2,1-2H3. The number of fused-ring (bicyclic) bond motifs is 3. The van der Waals surface area contributed by atoms with Crippen LogP contribution in [0.15, 0.2) is 36.4 Å². The van der Waals surface area contributed by atoms with Gasteiger partial charge in [0.15, 0.2) is 28.8 Å². The lowest BCUT2D eigenvalue weighted by atomic mass is 9.75. The molecule has 2 aromatic carbocycles. The van der Waals surface area contributed by atoms with Crippen LogP contribution in [0.4, 0.5) is 0 Å². The van der Waals surface area contributed by atoms with Crippen LogP contribution in [-0.4, -0.2) is 29.4 Å². The number of nitrogens with zero attached hydrogens (tertiary/aromatic N) is 1. The van der Waals surface area contributed by atoms with Crippen LogP contribution in [0, 0.1) is 24.7 Å². The molecular formula is C24H21NO5S. The zero-order chi connectivity index (χ0) is 21.7. The van der Waals surface area contributed by atoms with Crippen molar-refractivity contribution in [2.24, 2.45) is 17.8 Å². The van der Waals surface area contributed by atoms with Crippen molar-refractivity contribution >= 4 is 38.9 Å². The smallest absolute Gasteiger partial charge is 0.279 e. The number of methoxy groups -OCH3 is 1. The average molecular weight is 436 g/mol. The third kappa shape index (κ3) is 3.24. The van der Waals surface area contributed by atoms with Crippen molar-refractivity contribution in [3.8, 4) is 16.7 Å². The number of benzene rings is 2. The number of rotatable bonds is 5. The fourth-order valence-electron chi connectivity index (χ4n) is 4.74. The van der Waals surface area contributed by atoms with Crippen LogP contribution in [0.3, 0.4) is 0 Å². The number of carbonyl (C=O) groups is 3. The maximum atomic E-state index is 13.3. The molecule has 2 aliphatic rings. The minimum Gasteiger partial charge on any atom is -0.493 e. The van der Waals surface area contributed by atoms with Crippen LogP contribution < -0.4 is 9.47 Å². The van der Waals surface area contributed by atoms with E-state index in [4.69, 9.17) is 9.47 Å². The van der Waals surface area contributed by atoms with Gasteiger partial charge in [0.1, 0.15) is 5.92 Å². The van der Waals surface area contributed by atoms with Gasteiger partial charge in [-0.05, 0) is 56.0 Å². The maximum absolute atomic E-state index is 13.3. The molecule has 0 amide bonds. The highest BCUT2D eigenvalue weighted by atomic mass is 32.1. The predicted molar refractivity (Wildman–Crippen MR) is 116 cm³/mol. The predicted octanol–water partition coefficient (Wildman–Crippen LogP) is 4.77. The summed E-state index contributed by atoms with van der Waals surface area (Å²) in [4.78, 5) is 43.4. The van der Waals surface area contributed by atoms with Gasteiger partial charge in [-0.1, -0.05) is 23.5 Å². The molecule has 2 saturated carbocycles. The van der Waals surface area contributed by atoms with Gasteiger partial charge >= 0.3 is 0 Å². The number of aryl methyl sites for hydroxylation is 1. The Kier molecular flexibility index (Phi) is 4.85. The molecule has 2 fully saturated rings. The van der Waals surface area contributed by atoms with Crippen molar-refractivity contribution in [3.05, 3.63) is 47.5 Å². The fraction of sp³-hybridized carbons (Fsp3) is 0.333. The number of hydrogen-bond acceptors (Lipinski definition) is 7. The van der Waals surface area contributed by atoms with Crippen molar-refractivity contribution < 1.29 is 23.9 Å². The highest BCUT2D eigenvalue weighted by Gasteiger charge is 2.50. The van der Waals surface area contributed by atoms with E-state index in [1.807, 2.05) is 12.1 Å². The Morgan fingerprint density at radius 1 is 1.03 bits per heavy atom. The van der Waals surface area contributed by atoms with E-state index in [2.05, 4.69) is 4.98 Å². The molecule has 7 heteroatoms. The topological polar surface area (TPSA) is 82.6 Å². The largest absolute Gasteiger partial charge is 0.493 e. The van der Waals surface area contributed by atoms with Crippen molar-refractivity contribution in [2.45, 2.75) is 26.2 Å². The molecule has 0 saturated heterocycles. The number of ketones is 3. The summed E-state index contributed by atoms with van der Waals surface area (Å²) in [5.41, 5.74) is 1.68. The molecule has 0 spiro atoms. The molecule has 3 aromatic rings. The minimum atomic E-state index is -1.16. The number of Topliss-reactive ketones (excluding diaryl/α,β-unsaturated/α-hetero) is 3. The van der Waals surface area contributed by atoms with Crippen LogP contribution in [0.1, 0.15) is 35.2 Å². The van der Waals surface area contributed by atoms with Crippen LogP contribution in [0.25, 0.3) is 10.2 Å². The Balaban J connectivity index is 1.48. The lowest BCUT2D eigenvalue weighted by Gasteiger charge is -2.24. The summed E-state index contributed by atoms with van der Waals surface area (Å²) in [7, 11) is 1.57. The zero-order valence-corrected chi connectivity index (χ0v) is 18.0. The number of para-hydroxylation sites is 2. The SMILES string of the molecule is COc1ccccc1Oc1nc2c(C)c(C(=O)C3C(=O)C4CCC(C4)C3=O)ccc2s1. The van der Waals surface area contributed by atoms with Crippen LogP contribution >= 0.6 is 11.3 Å². The molecule has 5 rings (SSSR count). The van der Waals surface area contributed by atoms with E-state index in [1.54, 1.807) is 38.3 Å². The summed E-state index contributed by atoms with van der Waals surface area (Å²) in [6, 6.07) is 10.8. The van der Waals surface area contributed by atoms with E-state index in [1.165, 1.54) is 11.3 Å². The molecule has 0 N–H and O–H groups in total. The van der Waals surface area contributed by atoms with Crippen molar-refractivity contribution in [1.82, 2.24) is 4.98 Å². The molecule has 2 atom stereocenters. The Morgan fingerprint density at radius 3 is 2.39 bits per heavy atom. The van der Waals surface area contributed by atoms with E-state index >= 15 is 0 Å². The quantitative estimate of drug-likeness (QED) is 0.424. The zero-order valence-electron chi connectivity index (χ0n) is 17.2. The highest BCUT2D eigenvalue weighted by Crippen LogP contribution is 2.42. The molecule has 31 heavy (non-hydrogen) atoms. The number of thiazole rings is 1. The van der Waals surface area contributed by atoms with Gasteiger partial charge in [0.05, 0.1) is 17.3 Å². The summed E-state index contributed by atoms with van der Waals surface area (Å²) >= 11 is 1.36. The summed E-state index contributed by atoms with van der Waals surface area (Å²) < 4.78 is 12.1. The number of carbonyl (C=O) groups excluding carboxylic acids is 3. The van der Waals surface area contributed by atoms with Gasteiger partial charge < -0.3 is 9.47 Å². The summed E-state index contributed by atoms with van der Waals surface area (Å²) in [6.07, 6.45) is 2.04. The lowest BCUT2D eigenvalue weighted by Crippen LogP contribution is -2.41. The summed E-state index contributed by atoms with van der Waals surface area (Å²) in [6.45, 7) is 1.80. The van der Waals surface area contributed by atoms with Gasteiger partial charge in [-0.3, -0.25) is 14.4 Å². The van der Waals surface area contributed by atoms with Crippen LogP contribution in [0.2, 0.25) is 0 Å². The van der Waals surface area contributed by atoms with Gasteiger partial charge in [0, 0.05) is 17.4 Å². The molecular weight excluding hydrogens is 414 g/mol. The first-order chi connectivity index (χ1) is 15.0. The molecule has 1 heterocycles. The molecule has 2 bridgehead atoms. The number of aromatic nitrogens is 1. The fourth-order valence-corrected chi connectivity index (χ4v) is 5.62. The second kappa shape index (κ2) is 7.57. The Morgan fingerprint density at radius 2 is 1.71 bits per heavy atom. The first-order valence-corrected chi connectivity index (χ1v) is 11.1. The first kappa shape index (κ1) is 19.9. The summed E-state index contributed by atoms with van der Waals surface area (Å²) in [5.74, 6) is -1.13. The van der Waals surface area contributed by atoms with Crippen molar-refractivity contribution in [1.29, 1.82) is 0 Å². The second-order valence-corrected chi connectivity index (χ2v) is 9.12. The maximum Gasteiger partial charge on any atom is 0.279 e. The molecule has 1 aromatic heterocycles. The minimum absolute atomic E-state index is 0.152. The van der Waals surface area contributed by atoms with E-state index < -0.39 is 11.7 Å². The van der Waals surface area contributed by atoms with Gasteiger partial charge in [0.25, 0.3) is 5.19 Å². The van der Waals surface area contributed by atoms with Gasteiger partial charge in [0.2, 0.25) is 0 Å². The molecule has 158 valence electrons. The van der Waals surface area contributed by atoms with Crippen LogP contribution in [-0.2, 0) is 9.59 Å². The van der Waals surface area contributed by atoms with E-state index in [-0.39, 0.29) is 23.4 Å². The van der Waals surface area contributed by atoms with Gasteiger partial charge in [-0.2, -0.15) is 0 Å². The Bertz CT molecular complexity index is 1210. The van der Waals surface area contributed by atoms with Gasteiger partial charge in [-0.25, -0.2) is 4.98 Å². The van der Waals surface area contributed by atoms with E-state index in [9.17, 15) is 14.4 Å². The summed E-state index contributed by atoms with van der Waals surface area (Å²) in [5, 5.41) is 0.426. The second-order valence-electron chi connectivity index (χ2n) is 8.13. The molecule has 6 nitrogen and oxygen atoms in total. The Labute approximate surface area is 183 Å². The number of ether oxygens (including phenoxy) is 2.